The fraction of sp³-hybridized carbons (Fsp3) is 0.714. The maximum atomic E-state index is 4.35. The Labute approximate surface area is 111 Å². The minimum absolute atomic E-state index is 0.344. The highest BCUT2D eigenvalue weighted by molar-refractivity contribution is 5.57. The highest BCUT2D eigenvalue weighted by Crippen LogP contribution is 2.22. The summed E-state index contributed by atoms with van der Waals surface area (Å²) in [5.74, 6) is 1.92. The molecule has 1 rings (SSSR count). The van der Waals surface area contributed by atoms with Gasteiger partial charge in [0.15, 0.2) is 0 Å². The van der Waals surface area contributed by atoms with Gasteiger partial charge in [-0.05, 0) is 25.2 Å². The number of nitrogens with one attached hydrogen (secondary N) is 2. The van der Waals surface area contributed by atoms with Crippen molar-refractivity contribution in [3.05, 3.63) is 11.9 Å². The third-order valence-electron chi connectivity index (χ3n) is 2.81. The average molecular weight is 250 g/mol. The van der Waals surface area contributed by atoms with Crippen LogP contribution >= 0.6 is 0 Å². The molecule has 0 saturated heterocycles. The van der Waals surface area contributed by atoms with E-state index in [1.165, 1.54) is 5.56 Å². The molecule has 1 heterocycles. The molecule has 2 N–H and O–H groups in total. The van der Waals surface area contributed by atoms with Crippen LogP contribution in [-0.2, 0) is 6.42 Å². The Morgan fingerprint density at radius 2 is 1.67 bits per heavy atom. The first-order valence-corrected chi connectivity index (χ1v) is 6.79. The van der Waals surface area contributed by atoms with E-state index in [9.17, 15) is 0 Å². The maximum Gasteiger partial charge on any atom is 0.134 e. The Kier molecular flexibility index (Phi) is 5.38. The molecule has 0 bridgehead atoms. The summed E-state index contributed by atoms with van der Waals surface area (Å²) >= 11 is 0. The van der Waals surface area contributed by atoms with Crippen LogP contribution in [0.5, 0.6) is 0 Å². The van der Waals surface area contributed by atoms with Crippen LogP contribution in [0.1, 0.15) is 46.6 Å². The number of hydrogen-bond donors (Lipinski definition) is 2. The molecular formula is C14H26N4. The first-order chi connectivity index (χ1) is 8.48. The topological polar surface area (TPSA) is 49.8 Å². The van der Waals surface area contributed by atoms with Gasteiger partial charge in [-0.25, -0.2) is 9.97 Å². The van der Waals surface area contributed by atoms with E-state index < -0.39 is 0 Å². The normalized spacial score (nSPS) is 11.4. The first kappa shape index (κ1) is 14.7. The van der Waals surface area contributed by atoms with Crippen LogP contribution in [0, 0.1) is 5.41 Å². The second-order valence-corrected chi connectivity index (χ2v) is 5.67. The lowest BCUT2D eigenvalue weighted by atomic mass is 9.92. The molecule has 1 aromatic heterocycles. The number of nitrogens with zero attached hydrogens (tertiary/aromatic N) is 2. The number of hydrogen-bond acceptors (Lipinski definition) is 4. The SMILES string of the molecule is CCNc1ncnc(NCCC(C)(C)C)c1CC. The summed E-state index contributed by atoms with van der Waals surface area (Å²) in [5.41, 5.74) is 1.52. The largest absolute Gasteiger partial charge is 0.370 e. The van der Waals surface area contributed by atoms with Crippen molar-refractivity contribution in [2.24, 2.45) is 5.41 Å². The second kappa shape index (κ2) is 6.57. The highest BCUT2D eigenvalue weighted by Gasteiger charge is 2.12. The van der Waals surface area contributed by atoms with E-state index in [1.54, 1.807) is 6.33 Å². The lowest BCUT2D eigenvalue weighted by molar-refractivity contribution is 0.389. The molecule has 1 aromatic rings. The Bertz CT molecular complexity index is 369. The molecule has 0 amide bonds. The second-order valence-electron chi connectivity index (χ2n) is 5.67. The van der Waals surface area contributed by atoms with E-state index in [2.05, 4.69) is 55.2 Å². The number of rotatable bonds is 6. The van der Waals surface area contributed by atoms with E-state index >= 15 is 0 Å². The van der Waals surface area contributed by atoms with Crippen molar-refractivity contribution in [1.82, 2.24) is 9.97 Å². The van der Waals surface area contributed by atoms with Crippen LogP contribution < -0.4 is 10.6 Å². The van der Waals surface area contributed by atoms with Gasteiger partial charge < -0.3 is 10.6 Å². The minimum Gasteiger partial charge on any atom is -0.370 e. The molecule has 0 radical (unpaired) electrons. The molecule has 0 aliphatic heterocycles. The van der Waals surface area contributed by atoms with Crippen molar-refractivity contribution in [2.75, 3.05) is 23.7 Å². The molecule has 4 nitrogen and oxygen atoms in total. The molecule has 18 heavy (non-hydrogen) atoms. The third kappa shape index (κ3) is 4.51. The molecule has 0 aromatic carbocycles. The van der Waals surface area contributed by atoms with Gasteiger partial charge in [0.05, 0.1) is 0 Å². The zero-order valence-corrected chi connectivity index (χ0v) is 12.3. The fourth-order valence-electron chi connectivity index (χ4n) is 1.78. The van der Waals surface area contributed by atoms with E-state index in [-0.39, 0.29) is 0 Å². The smallest absolute Gasteiger partial charge is 0.134 e. The first-order valence-electron chi connectivity index (χ1n) is 6.79. The van der Waals surface area contributed by atoms with Crippen molar-refractivity contribution in [2.45, 2.75) is 47.5 Å². The van der Waals surface area contributed by atoms with Crippen LogP contribution in [0.2, 0.25) is 0 Å². The van der Waals surface area contributed by atoms with Gasteiger partial charge >= 0.3 is 0 Å². The molecule has 102 valence electrons. The van der Waals surface area contributed by atoms with Crippen LogP contribution in [0.3, 0.4) is 0 Å². The summed E-state index contributed by atoms with van der Waals surface area (Å²) < 4.78 is 0. The van der Waals surface area contributed by atoms with Gasteiger partial charge in [0, 0.05) is 18.7 Å². The summed E-state index contributed by atoms with van der Waals surface area (Å²) in [7, 11) is 0. The number of aromatic nitrogens is 2. The zero-order chi connectivity index (χ0) is 13.6. The molecule has 0 aliphatic rings. The quantitative estimate of drug-likeness (QED) is 0.813. The molecule has 0 spiro atoms. The van der Waals surface area contributed by atoms with Gasteiger partial charge in [0.2, 0.25) is 0 Å². The standard InChI is InChI=1S/C14H26N4/c1-6-11-12(15-7-2)17-10-18-13(11)16-9-8-14(3,4)5/h10H,6-9H2,1-5H3,(H2,15,16,17,18). The van der Waals surface area contributed by atoms with E-state index in [1.807, 2.05) is 0 Å². The maximum absolute atomic E-state index is 4.35. The predicted molar refractivity (Wildman–Crippen MR) is 78.1 cm³/mol. The zero-order valence-electron chi connectivity index (χ0n) is 12.3. The molecule has 0 saturated carbocycles. The van der Waals surface area contributed by atoms with E-state index in [0.717, 1.165) is 37.6 Å². The van der Waals surface area contributed by atoms with Crippen molar-refractivity contribution in [1.29, 1.82) is 0 Å². The lowest BCUT2D eigenvalue weighted by Crippen LogP contribution is -2.15. The summed E-state index contributed by atoms with van der Waals surface area (Å²) in [4.78, 5) is 8.64. The average Bonchev–Trinajstić information content (AvgIpc) is 2.28. The Morgan fingerprint density at radius 1 is 1.06 bits per heavy atom. The molecule has 4 heteroatoms. The molecular weight excluding hydrogens is 224 g/mol. The molecule has 0 aliphatic carbocycles. The van der Waals surface area contributed by atoms with Gasteiger partial charge in [-0.1, -0.05) is 27.7 Å². The summed E-state index contributed by atoms with van der Waals surface area (Å²) in [5, 5.41) is 6.71. The summed E-state index contributed by atoms with van der Waals surface area (Å²) in [6.45, 7) is 12.8. The lowest BCUT2D eigenvalue weighted by Gasteiger charge is -2.19. The van der Waals surface area contributed by atoms with Gasteiger partial charge in [-0.15, -0.1) is 0 Å². The van der Waals surface area contributed by atoms with Crippen LogP contribution in [0.4, 0.5) is 11.6 Å². The summed E-state index contributed by atoms with van der Waals surface area (Å²) in [6.07, 6.45) is 3.67. The minimum atomic E-state index is 0.344. The van der Waals surface area contributed by atoms with E-state index in [0.29, 0.717) is 5.41 Å². The van der Waals surface area contributed by atoms with Crippen molar-refractivity contribution < 1.29 is 0 Å². The van der Waals surface area contributed by atoms with Gasteiger partial charge in [0.1, 0.15) is 18.0 Å². The van der Waals surface area contributed by atoms with Crippen LogP contribution in [0.15, 0.2) is 6.33 Å². The molecule has 0 atom stereocenters. The van der Waals surface area contributed by atoms with Crippen molar-refractivity contribution in [3.8, 4) is 0 Å². The van der Waals surface area contributed by atoms with Gasteiger partial charge in [-0.2, -0.15) is 0 Å². The fourth-order valence-corrected chi connectivity index (χ4v) is 1.78. The highest BCUT2D eigenvalue weighted by atomic mass is 15.1. The van der Waals surface area contributed by atoms with Crippen LogP contribution in [-0.4, -0.2) is 23.1 Å². The monoisotopic (exact) mass is 250 g/mol. The predicted octanol–water partition coefficient (Wildman–Crippen LogP) is 3.32. The molecule has 0 unspecified atom stereocenters. The third-order valence-corrected chi connectivity index (χ3v) is 2.81. The van der Waals surface area contributed by atoms with Crippen molar-refractivity contribution >= 4 is 11.6 Å². The number of anilines is 2. The Hall–Kier alpha value is -1.32. The molecule has 0 fully saturated rings. The Morgan fingerprint density at radius 3 is 2.17 bits per heavy atom. The van der Waals surface area contributed by atoms with Gasteiger partial charge in [-0.3, -0.25) is 0 Å². The van der Waals surface area contributed by atoms with Crippen molar-refractivity contribution in [3.63, 3.8) is 0 Å². The van der Waals surface area contributed by atoms with Crippen LogP contribution in [0.25, 0.3) is 0 Å². The summed E-state index contributed by atoms with van der Waals surface area (Å²) in [6, 6.07) is 0. The van der Waals surface area contributed by atoms with E-state index in [4.69, 9.17) is 0 Å². The van der Waals surface area contributed by atoms with Gasteiger partial charge in [0.25, 0.3) is 0 Å². The Balaban J connectivity index is 2.72.